The number of nitrogens with one attached hydrogen (secondary N) is 1. The second-order valence-electron chi connectivity index (χ2n) is 9.65. The lowest BCUT2D eigenvalue weighted by Crippen LogP contribution is -2.53. The van der Waals surface area contributed by atoms with E-state index in [4.69, 9.17) is 39.5 Å². The third-order valence-corrected chi connectivity index (χ3v) is 9.49. The van der Waals surface area contributed by atoms with Gasteiger partial charge in [0.15, 0.2) is 0 Å². The highest BCUT2D eigenvalue weighted by molar-refractivity contribution is 7.92. The Kier molecular flexibility index (Phi) is 11.9. The van der Waals surface area contributed by atoms with Crippen LogP contribution in [0.5, 0.6) is 5.75 Å². The van der Waals surface area contributed by atoms with Crippen molar-refractivity contribution in [1.82, 2.24) is 10.2 Å². The van der Waals surface area contributed by atoms with Gasteiger partial charge >= 0.3 is 0 Å². The summed E-state index contributed by atoms with van der Waals surface area (Å²) in [5.41, 5.74) is 0.694. The van der Waals surface area contributed by atoms with Crippen LogP contribution in [0, 0.1) is 0 Å². The molecule has 0 bridgehead atoms. The van der Waals surface area contributed by atoms with E-state index in [9.17, 15) is 18.0 Å². The van der Waals surface area contributed by atoms with E-state index in [0.29, 0.717) is 17.0 Å². The number of amides is 2. The number of rotatable bonds is 13. The average Bonchev–Trinajstić information content (AvgIpc) is 2.97. The van der Waals surface area contributed by atoms with E-state index >= 15 is 0 Å². The Balaban J connectivity index is 2.13. The van der Waals surface area contributed by atoms with Crippen LogP contribution in [0.2, 0.25) is 15.1 Å². The number of hydrogen-bond donors (Lipinski definition) is 1. The number of nitrogens with zero attached hydrogens (tertiary/aromatic N) is 2. The molecule has 0 aliphatic heterocycles. The molecule has 0 radical (unpaired) electrons. The monoisotopic (exact) mass is 653 g/mol. The summed E-state index contributed by atoms with van der Waals surface area (Å²) in [6, 6.07) is 16.1. The lowest BCUT2D eigenvalue weighted by molar-refractivity contribution is -0.140. The Bertz CT molecular complexity index is 1510. The second-order valence-corrected chi connectivity index (χ2v) is 12.8. The lowest BCUT2D eigenvalue weighted by Gasteiger charge is -2.34. The molecule has 0 fully saturated rings. The molecule has 0 heterocycles. The van der Waals surface area contributed by atoms with Crippen LogP contribution >= 0.6 is 34.8 Å². The van der Waals surface area contributed by atoms with Crippen molar-refractivity contribution in [2.45, 2.75) is 57.1 Å². The maximum absolute atomic E-state index is 14.2. The smallest absolute Gasteiger partial charge is 0.264 e. The molecule has 2 atom stereocenters. The van der Waals surface area contributed by atoms with E-state index < -0.39 is 28.5 Å². The van der Waals surface area contributed by atoms with Gasteiger partial charge < -0.3 is 15.0 Å². The second kappa shape index (κ2) is 15.0. The van der Waals surface area contributed by atoms with Gasteiger partial charge in [-0.15, -0.1) is 0 Å². The van der Waals surface area contributed by atoms with Gasteiger partial charge in [-0.25, -0.2) is 8.42 Å². The minimum absolute atomic E-state index is 0.0198. The first-order valence-corrected chi connectivity index (χ1v) is 15.9. The van der Waals surface area contributed by atoms with E-state index in [2.05, 4.69) is 5.32 Å². The summed E-state index contributed by atoms with van der Waals surface area (Å²) in [5, 5.41) is 3.82. The van der Waals surface area contributed by atoms with E-state index in [1.807, 2.05) is 13.8 Å². The fourth-order valence-corrected chi connectivity index (χ4v) is 6.21. The summed E-state index contributed by atoms with van der Waals surface area (Å²) in [4.78, 5) is 28.9. The van der Waals surface area contributed by atoms with Crippen LogP contribution in [0.25, 0.3) is 0 Å². The Labute approximate surface area is 262 Å². The molecular formula is C30H34Cl3N3O5S. The topological polar surface area (TPSA) is 96.0 Å². The van der Waals surface area contributed by atoms with Crippen LogP contribution in [-0.2, 0) is 26.2 Å². The number of hydrogen-bond acceptors (Lipinski definition) is 5. The van der Waals surface area contributed by atoms with Crippen molar-refractivity contribution in [3.05, 3.63) is 87.4 Å². The molecular weight excluding hydrogens is 621 g/mol. The van der Waals surface area contributed by atoms with Gasteiger partial charge in [0.1, 0.15) is 18.3 Å². The molecule has 0 aliphatic rings. The minimum Gasteiger partial charge on any atom is -0.495 e. The van der Waals surface area contributed by atoms with Crippen molar-refractivity contribution in [3.63, 3.8) is 0 Å². The first kappa shape index (κ1) is 33.5. The predicted octanol–water partition coefficient (Wildman–Crippen LogP) is 6.57. The van der Waals surface area contributed by atoms with Gasteiger partial charge in [0.05, 0.1) is 27.7 Å². The molecule has 3 aromatic carbocycles. The number of sulfonamides is 1. The minimum atomic E-state index is -4.28. The molecule has 12 heteroatoms. The van der Waals surface area contributed by atoms with Gasteiger partial charge in [0.25, 0.3) is 10.0 Å². The largest absolute Gasteiger partial charge is 0.495 e. The van der Waals surface area contributed by atoms with Gasteiger partial charge in [0, 0.05) is 17.6 Å². The Morgan fingerprint density at radius 2 is 1.62 bits per heavy atom. The summed E-state index contributed by atoms with van der Waals surface area (Å²) in [6.07, 6.45) is 0.974. The van der Waals surface area contributed by atoms with Gasteiger partial charge in [-0.05, 0) is 67.8 Å². The third-order valence-electron chi connectivity index (χ3n) is 6.74. The molecule has 1 N–H and O–H groups in total. The first-order chi connectivity index (χ1) is 19.9. The number of methoxy groups -OCH3 is 1. The fourth-order valence-electron chi connectivity index (χ4n) is 4.29. The van der Waals surface area contributed by atoms with E-state index in [1.54, 1.807) is 49.4 Å². The van der Waals surface area contributed by atoms with Gasteiger partial charge in [-0.2, -0.15) is 0 Å². The molecule has 0 saturated carbocycles. The normalized spacial score (nSPS) is 12.7. The molecule has 3 rings (SSSR count). The van der Waals surface area contributed by atoms with Crippen molar-refractivity contribution < 1.29 is 22.7 Å². The number of ether oxygens (including phenoxy) is 1. The molecule has 0 saturated heterocycles. The molecule has 226 valence electrons. The highest BCUT2D eigenvalue weighted by Crippen LogP contribution is 2.35. The molecule has 2 amide bonds. The highest BCUT2D eigenvalue weighted by atomic mass is 35.5. The summed E-state index contributed by atoms with van der Waals surface area (Å²) >= 11 is 18.6. The third kappa shape index (κ3) is 8.10. The molecule has 0 unspecified atom stereocenters. The highest BCUT2D eigenvalue weighted by Gasteiger charge is 2.35. The van der Waals surface area contributed by atoms with Crippen LogP contribution < -0.4 is 14.4 Å². The van der Waals surface area contributed by atoms with E-state index in [-0.39, 0.29) is 51.3 Å². The number of carbonyl (C=O) groups is 2. The van der Waals surface area contributed by atoms with Crippen LogP contribution in [0.15, 0.2) is 71.6 Å². The maximum atomic E-state index is 14.2. The van der Waals surface area contributed by atoms with Crippen molar-refractivity contribution in [1.29, 1.82) is 0 Å². The van der Waals surface area contributed by atoms with Crippen LogP contribution in [-0.4, -0.2) is 50.9 Å². The van der Waals surface area contributed by atoms with Crippen molar-refractivity contribution in [2.24, 2.45) is 0 Å². The SMILES string of the molecule is CC[C@@H](C)NC(=O)[C@H](CC)N(Cc1ccc(Cl)c(Cl)c1)C(=O)CN(c1cc(Cl)ccc1OC)S(=O)(=O)c1ccccc1. The predicted molar refractivity (Wildman–Crippen MR) is 168 cm³/mol. The van der Waals surface area contributed by atoms with Crippen LogP contribution in [0.4, 0.5) is 5.69 Å². The molecule has 0 aromatic heterocycles. The zero-order chi connectivity index (χ0) is 31.0. The zero-order valence-electron chi connectivity index (χ0n) is 23.8. The fraction of sp³-hybridized carbons (Fsp3) is 0.333. The first-order valence-electron chi connectivity index (χ1n) is 13.4. The Morgan fingerprint density at radius 3 is 2.21 bits per heavy atom. The summed E-state index contributed by atoms with van der Waals surface area (Å²) < 4.78 is 34.4. The molecule has 8 nitrogen and oxygen atoms in total. The number of benzene rings is 3. The van der Waals surface area contributed by atoms with E-state index in [1.165, 1.54) is 36.3 Å². The standard InChI is InChI=1S/C30H34Cl3N3O5S/c1-5-20(3)34-30(38)26(6-2)35(18-21-12-14-24(32)25(33)16-21)29(37)19-36(27-17-22(31)13-15-28(27)41-4)42(39,40)23-10-8-7-9-11-23/h7-17,20,26H,5-6,18-19H2,1-4H3,(H,34,38)/t20-,26+/m1/s1. The van der Waals surface area contributed by atoms with Crippen LogP contribution in [0.1, 0.15) is 39.2 Å². The van der Waals surface area contributed by atoms with Gasteiger partial charge in [-0.3, -0.25) is 13.9 Å². The number of anilines is 1. The summed E-state index contributed by atoms with van der Waals surface area (Å²) in [5.74, 6) is -0.767. The van der Waals surface area contributed by atoms with Crippen molar-refractivity contribution >= 4 is 62.3 Å². The Hall–Kier alpha value is -2.98. The molecule has 3 aromatic rings. The Morgan fingerprint density at radius 1 is 0.929 bits per heavy atom. The number of carbonyl (C=O) groups excluding carboxylic acids is 2. The van der Waals surface area contributed by atoms with E-state index in [0.717, 1.165) is 4.31 Å². The van der Waals surface area contributed by atoms with Crippen molar-refractivity contribution in [2.75, 3.05) is 18.0 Å². The molecule has 0 spiro atoms. The van der Waals surface area contributed by atoms with Crippen molar-refractivity contribution in [3.8, 4) is 5.75 Å². The zero-order valence-corrected chi connectivity index (χ0v) is 26.9. The van der Waals surface area contributed by atoms with Gasteiger partial charge in [0.2, 0.25) is 11.8 Å². The van der Waals surface area contributed by atoms with Gasteiger partial charge in [-0.1, -0.05) is 72.9 Å². The van der Waals surface area contributed by atoms with Crippen LogP contribution in [0.3, 0.4) is 0 Å². The molecule has 0 aliphatic carbocycles. The molecule has 42 heavy (non-hydrogen) atoms. The average molecular weight is 655 g/mol. The summed E-state index contributed by atoms with van der Waals surface area (Å²) in [7, 11) is -2.89. The maximum Gasteiger partial charge on any atom is 0.264 e. The summed E-state index contributed by atoms with van der Waals surface area (Å²) in [6.45, 7) is 4.94. The quantitative estimate of drug-likeness (QED) is 0.225. The number of halogens is 3. The lowest BCUT2D eigenvalue weighted by atomic mass is 10.1.